The molecule has 0 bridgehead atoms. The van der Waals surface area contributed by atoms with Gasteiger partial charge < -0.3 is 13.7 Å². The van der Waals surface area contributed by atoms with Crippen LogP contribution in [0.25, 0.3) is 86.9 Å². The zero-order chi connectivity index (χ0) is 35.6. The number of nitrogens with zero attached hydrogens (tertiary/aromatic N) is 2. The van der Waals surface area contributed by atoms with Gasteiger partial charge in [0.25, 0.3) is 0 Å². The molecule has 0 amide bonds. The van der Waals surface area contributed by atoms with Crippen molar-refractivity contribution in [2.75, 3.05) is 4.90 Å². The lowest BCUT2D eigenvalue weighted by Crippen LogP contribution is -2.10. The maximum absolute atomic E-state index is 6.36. The van der Waals surface area contributed by atoms with E-state index in [2.05, 4.69) is 169 Å². The molecule has 54 heavy (non-hydrogen) atoms. The van der Waals surface area contributed by atoms with Crippen molar-refractivity contribution in [3.05, 3.63) is 182 Å². The van der Waals surface area contributed by atoms with Crippen LogP contribution in [0.3, 0.4) is 0 Å². The zero-order valence-electron chi connectivity index (χ0n) is 28.9. The summed E-state index contributed by atoms with van der Waals surface area (Å²) in [7, 11) is 0. The first-order valence-corrected chi connectivity index (χ1v) is 18.8. The second-order valence-electron chi connectivity index (χ2n) is 13.5. The van der Waals surface area contributed by atoms with Crippen molar-refractivity contribution in [3.63, 3.8) is 0 Å². The molecule has 0 spiro atoms. The fourth-order valence-corrected chi connectivity index (χ4v) is 8.72. The van der Waals surface area contributed by atoms with Crippen molar-refractivity contribution in [1.29, 1.82) is 0 Å². The molecule has 254 valence electrons. The molecule has 11 rings (SSSR count). The molecule has 0 unspecified atom stereocenters. The van der Waals surface area contributed by atoms with E-state index in [0.717, 1.165) is 92.9 Å². The van der Waals surface area contributed by atoms with Gasteiger partial charge in [0.05, 0.1) is 26.7 Å². The molecule has 0 saturated carbocycles. The topological polar surface area (TPSA) is 42.4 Å². The first-order chi connectivity index (χ1) is 26.7. The average Bonchev–Trinajstić information content (AvgIpc) is 3.95. The lowest BCUT2D eigenvalue weighted by Gasteiger charge is -2.26. The van der Waals surface area contributed by atoms with Gasteiger partial charge in [0, 0.05) is 27.7 Å². The van der Waals surface area contributed by atoms with E-state index >= 15 is 0 Å². The van der Waals surface area contributed by atoms with Crippen LogP contribution in [0.15, 0.2) is 191 Å². The molecule has 11 aromatic rings. The predicted octanol–water partition coefficient (Wildman–Crippen LogP) is 14.6. The fourth-order valence-electron chi connectivity index (χ4n) is 7.74. The summed E-state index contributed by atoms with van der Waals surface area (Å²) in [6, 6.07) is 63.8. The fraction of sp³-hybridized carbons (Fsp3) is 0. The molecule has 3 heterocycles. The molecule has 4 nitrogen and oxygen atoms in total. The van der Waals surface area contributed by atoms with Crippen molar-refractivity contribution >= 4 is 82.5 Å². The normalized spacial score (nSPS) is 11.7. The van der Waals surface area contributed by atoms with E-state index in [1.807, 2.05) is 18.2 Å². The summed E-state index contributed by atoms with van der Waals surface area (Å²) in [6.07, 6.45) is 0. The monoisotopic (exact) mass is 710 g/mol. The van der Waals surface area contributed by atoms with Gasteiger partial charge in [-0.05, 0) is 89.0 Å². The van der Waals surface area contributed by atoms with Crippen LogP contribution in [-0.4, -0.2) is 4.98 Å². The van der Waals surface area contributed by atoms with Crippen LogP contribution in [0.5, 0.6) is 0 Å². The molecule has 0 aliphatic heterocycles. The van der Waals surface area contributed by atoms with Crippen molar-refractivity contribution in [1.82, 2.24) is 4.98 Å². The summed E-state index contributed by atoms with van der Waals surface area (Å²) < 4.78 is 13.9. The van der Waals surface area contributed by atoms with Gasteiger partial charge in [0.1, 0.15) is 27.3 Å². The van der Waals surface area contributed by atoms with Crippen molar-refractivity contribution < 1.29 is 8.83 Å². The summed E-state index contributed by atoms with van der Waals surface area (Å²) >= 11 is 1.72. The van der Waals surface area contributed by atoms with Gasteiger partial charge in [-0.3, -0.25) is 0 Å². The number of hydrogen-bond donors (Lipinski definition) is 0. The van der Waals surface area contributed by atoms with Gasteiger partial charge in [-0.15, -0.1) is 11.3 Å². The lowest BCUT2D eigenvalue weighted by atomic mass is 10.0. The minimum Gasteiger partial charge on any atom is -0.456 e. The Kier molecular flexibility index (Phi) is 7.00. The molecule has 0 radical (unpaired) electrons. The quantitative estimate of drug-likeness (QED) is 0.172. The second kappa shape index (κ2) is 12.3. The molecule has 0 aliphatic carbocycles. The minimum atomic E-state index is 0.852. The third kappa shape index (κ3) is 5.01. The minimum absolute atomic E-state index is 0.852. The van der Waals surface area contributed by atoms with E-state index in [9.17, 15) is 0 Å². The number of benzene rings is 8. The summed E-state index contributed by atoms with van der Waals surface area (Å²) in [5.74, 6) is 0. The molecule has 8 aromatic carbocycles. The summed E-state index contributed by atoms with van der Waals surface area (Å²) in [4.78, 5) is 7.46. The summed E-state index contributed by atoms with van der Waals surface area (Å²) in [6.45, 7) is 0. The van der Waals surface area contributed by atoms with Gasteiger partial charge in [-0.25, -0.2) is 4.98 Å². The number of rotatable bonds is 6. The maximum atomic E-state index is 6.36. The number of furan rings is 2. The highest BCUT2D eigenvalue weighted by molar-refractivity contribution is 7.21. The van der Waals surface area contributed by atoms with Crippen molar-refractivity contribution in [3.8, 4) is 32.8 Å². The average molecular weight is 711 g/mol. The van der Waals surface area contributed by atoms with Gasteiger partial charge in [-0.2, -0.15) is 0 Å². The van der Waals surface area contributed by atoms with Crippen LogP contribution in [0.1, 0.15) is 0 Å². The lowest BCUT2D eigenvalue weighted by molar-refractivity contribution is 0.668. The summed E-state index contributed by atoms with van der Waals surface area (Å²) in [5, 5.41) is 5.32. The van der Waals surface area contributed by atoms with Gasteiger partial charge in [0.15, 0.2) is 0 Å². The molecule has 3 aromatic heterocycles. The Morgan fingerprint density at radius 3 is 1.70 bits per heavy atom. The molecular formula is C49H30N2O2S. The zero-order valence-corrected chi connectivity index (χ0v) is 29.8. The third-order valence-electron chi connectivity index (χ3n) is 10.3. The Morgan fingerprint density at radius 1 is 0.407 bits per heavy atom. The SMILES string of the molecule is c1ccc(-c2ccc(N(c3ccc(-c4ccc5oc6ccc7sc(-c8ccccc8)nc7c6c5c4)cc3)c3cccc4oc5ccccc5c34)cc2)cc1. The number of thiazole rings is 1. The van der Waals surface area contributed by atoms with Crippen LogP contribution in [0.4, 0.5) is 17.1 Å². The van der Waals surface area contributed by atoms with E-state index in [4.69, 9.17) is 13.8 Å². The van der Waals surface area contributed by atoms with Crippen LogP contribution in [-0.2, 0) is 0 Å². The van der Waals surface area contributed by atoms with Crippen LogP contribution < -0.4 is 4.90 Å². The van der Waals surface area contributed by atoms with E-state index in [1.54, 1.807) is 11.3 Å². The Bertz CT molecular complexity index is 3140. The smallest absolute Gasteiger partial charge is 0.137 e. The Balaban J connectivity index is 1.03. The second-order valence-corrected chi connectivity index (χ2v) is 14.6. The van der Waals surface area contributed by atoms with E-state index in [1.165, 1.54) is 11.1 Å². The molecular weight excluding hydrogens is 681 g/mol. The van der Waals surface area contributed by atoms with Gasteiger partial charge in [0.2, 0.25) is 0 Å². The Morgan fingerprint density at radius 2 is 0.963 bits per heavy atom. The molecule has 0 N–H and O–H groups in total. The highest BCUT2D eigenvalue weighted by Gasteiger charge is 2.20. The molecule has 0 saturated heterocycles. The number of para-hydroxylation sites is 1. The molecule has 0 fully saturated rings. The first-order valence-electron chi connectivity index (χ1n) is 18.0. The summed E-state index contributed by atoms with van der Waals surface area (Å²) in [5.41, 5.74) is 13.3. The van der Waals surface area contributed by atoms with Crippen LogP contribution >= 0.6 is 11.3 Å². The highest BCUT2D eigenvalue weighted by atomic mass is 32.1. The Hall–Kier alpha value is -6.95. The molecule has 0 atom stereocenters. The number of fused-ring (bicyclic) bond motifs is 8. The largest absolute Gasteiger partial charge is 0.456 e. The standard InChI is InChI=1S/C49H30N2O2S/c1-3-10-31(11-4-1)32-18-23-36(24-19-32)51(40-15-9-17-43-46(40)38-14-7-8-16-41(38)52-43)37-25-20-33(21-26-37)35-22-27-42-39(30-35)47-44(53-42)28-29-45-48(47)50-49(54-45)34-12-5-2-6-13-34/h1-30H. The molecule has 5 heteroatoms. The van der Waals surface area contributed by atoms with Gasteiger partial charge in [-0.1, -0.05) is 115 Å². The number of anilines is 3. The van der Waals surface area contributed by atoms with Crippen LogP contribution in [0, 0.1) is 0 Å². The van der Waals surface area contributed by atoms with Crippen molar-refractivity contribution in [2.24, 2.45) is 0 Å². The van der Waals surface area contributed by atoms with E-state index in [0.29, 0.717) is 0 Å². The first kappa shape index (κ1) is 30.7. The van der Waals surface area contributed by atoms with E-state index in [-0.39, 0.29) is 0 Å². The molecule has 0 aliphatic rings. The number of hydrogen-bond acceptors (Lipinski definition) is 5. The maximum Gasteiger partial charge on any atom is 0.137 e. The predicted molar refractivity (Wildman–Crippen MR) is 225 cm³/mol. The van der Waals surface area contributed by atoms with Crippen molar-refractivity contribution in [2.45, 2.75) is 0 Å². The van der Waals surface area contributed by atoms with Gasteiger partial charge >= 0.3 is 0 Å². The highest BCUT2D eigenvalue weighted by Crippen LogP contribution is 2.44. The Labute approximate surface area is 314 Å². The van der Waals surface area contributed by atoms with E-state index < -0.39 is 0 Å². The third-order valence-corrected chi connectivity index (χ3v) is 11.4. The number of aromatic nitrogens is 1. The van der Waals surface area contributed by atoms with Crippen LogP contribution in [0.2, 0.25) is 0 Å².